The van der Waals surface area contributed by atoms with E-state index >= 15 is 0 Å². The molecule has 0 radical (unpaired) electrons. The Bertz CT molecular complexity index is 407. The van der Waals surface area contributed by atoms with Gasteiger partial charge >= 0.3 is 0 Å². The molecule has 100 valence electrons. The fraction of sp³-hybridized carbons (Fsp3) is 0.500. The lowest BCUT2D eigenvalue weighted by atomic mass is 10.0. The third kappa shape index (κ3) is 4.42. The molecule has 1 atom stereocenters. The van der Waals surface area contributed by atoms with E-state index in [1.165, 1.54) is 0 Å². The molecule has 3 nitrogen and oxygen atoms in total. The van der Waals surface area contributed by atoms with E-state index in [-0.39, 0.29) is 11.8 Å². The number of benzene rings is 1. The number of hydrogen-bond donors (Lipinski definition) is 1. The zero-order chi connectivity index (χ0) is 13.5. The minimum Gasteiger partial charge on any atom is -0.496 e. The van der Waals surface area contributed by atoms with Crippen molar-refractivity contribution in [2.24, 2.45) is 5.73 Å². The van der Waals surface area contributed by atoms with Gasteiger partial charge in [0, 0.05) is 6.42 Å². The molecule has 4 heteroatoms. The maximum atomic E-state index is 11.9. The van der Waals surface area contributed by atoms with Crippen LogP contribution in [0.2, 0.25) is 0 Å². The zero-order valence-electron chi connectivity index (χ0n) is 10.9. The summed E-state index contributed by atoms with van der Waals surface area (Å²) in [5, 5.41) is 0. The summed E-state index contributed by atoms with van der Waals surface area (Å²) < 4.78 is 6.01. The van der Waals surface area contributed by atoms with Crippen molar-refractivity contribution in [3.05, 3.63) is 28.2 Å². The van der Waals surface area contributed by atoms with E-state index in [1.807, 2.05) is 18.2 Å². The van der Waals surface area contributed by atoms with Gasteiger partial charge in [0.15, 0.2) is 5.78 Å². The maximum absolute atomic E-state index is 11.9. The largest absolute Gasteiger partial charge is 0.496 e. The lowest BCUT2D eigenvalue weighted by Gasteiger charge is -2.10. The molecule has 0 fully saturated rings. The molecule has 18 heavy (non-hydrogen) atoms. The van der Waals surface area contributed by atoms with Crippen LogP contribution in [-0.4, -0.2) is 18.9 Å². The Morgan fingerprint density at radius 1 is 1.50 bits per heavy atom. The first-order valence-electron chi connectivity index (χ1n) is 6.19. The van der Waals surface area contributed by atoms with Gasteiger partial charge in [0.05, 0.1) is 17.6 Å². The standard InChI is InChI=1S/C14H20BrNO2/c1-3-4-5-12(16)13(17)9-10-6-7-14(18-2)11(15)8-10/h6-8,12H,3-5,9,16H2,1-2H3. The Morgan fingerprint density at radius 3 is 2.78 bits per heavy atom. The first-order valence-corrected chi connectivity index (χ1v) is 6.98. The van der Waals surface area contributed by atoms with E-state index in [1.54, 1.807) is 7.11 Å². The molecule has 0 aliphatic rings. The van der Waals surface area contributed by atoms with E-state index in [4.69, 9.17) is 10.5 Å². The molecule has 0 saturated carbocycles. The molecule has 0 bridgehead atoms. The van der Waals surface area contributed by atoms with Gasteiger partial charge in [0.1, 0.15) is 5.75 Å². The SMILES string of the molecule is CCCCC(N)C(=O)Cc1ccc(OC)c(Br)c1. The second-order valence-corrected chi connectivity index (χ2v) is 5.22. The molecule has 0 saturated heterocycles. The molecule has 0 aromatic heterocycles. The van der Waals surface area contributed by atoms with E-state index in [9.17, 15) is 4.79 Å². The van der Waals surface area contributed by atoms with Gasteiger partial charge in [-0.2, -0.15) is 0 Å². The number of carbonyl (C=O) groups excluding carboxylic acids is 1. The van der Waals surface area contributed by atoms with E-state index < -0.39 is 0 Å². The topological polar surface area (TPSA) is 52.3 Å². The second kappa shape index (κ2) is 7.54. The average molecular weight is 314 g/mol. The smallest absolute Gasteiger partial charge is 0.153 e. The van der Waals surface area contributed by atoms with Crippen molar-refractivity contribution in [3.63, 3.8) is 0 Å². The summed E-state index contributed by atoms with van der Waals surface area (Å²) in [6.45, 7) is 2.10. The van der Waals surface area contributed by atoms with Gasteiger partial charge in [-0.3, -0.25) is 4.79 Å². The fourth-order valence-electron chi connectivity index (χ4n) is 1.74. The minimum absolute atomic E-state index is 0.0977. The molecule has 0 aliphatic carbocycles. The van der Waals surface area contributed by atoms with E-state index in [0.29, 0.717) is 6.42 Å². The molecule has 1 rings (SSSR count). The lowest BCUT2D eigenvalue weighted by molar-refractivity contribution is -0.119. The zero-order valence-corrected chi connectivity index (χ0v) is 12.5. The Morgan fingerprint density at radius 2 is 2.22 bits per heavy atom. The summed E-state index contributed by atoms with van der Waals surface area (Å²) in [6, 6.07) is 5.31. The molecule has 0 amide bonds. The Kier molecular flexibility index (Phi) is 6.36. The summed E-state index contributed by atoms with van der Waals surface area (Å²) >= 11 is 3.41. The van der Waals surface area contributed by atoms with Crippen LogP contribution in [0, 0.1) is 0 Å². The van der Waals surface area contributed by atoms with Crippen LogP contribution in [0.5, 0.6) is 5.75 Å². The Labute approximate surface area is 117 Å². The van der Waals surface area contributed by atoms with Crippen molar-refractivity contribution < 1.29 is 9.53 Å². The highest BCUT2D eigenvalue weighted by atomic mass is 79.9. The van der Waals surface area contributed by atoms with E-state index in [0.717, 1.165) is 35.0 Å². The second-order valence-electron chi connectivity index (χ2n) is 4.36. The Hall–Kier alpha value is -0.870. The lowest BCUT2D eigenvalue weighted by Crippen LogP contribution is -2.31. The van der Waals surface area contributed by atoms with Crippen LogP contribution in [0.4, 0.5) is 0 Å². The number of carbonyl (C=O) groups is 1. The molecule has 1 unspecified atom stereocenters. The molecule has 0 heterocycles. The minimum atomic E-state index is -0.342. The molecule has 1 aromatic carbocycles. The van der Waals surface area contributed by atoms with Crippen LogP contribution in [0.3, 0.4) is 0 Å². The first-order chi connectivity index (χ1) is 8.58. The van der Waals surface area contributed by atoms with Crippen LogP contribution in [0.1, 0.15) is 31.7 Å². The number of hydrogen-bond acceptors (Lipinski definition) is 3. The molecular formula is C14H20BrNO2. The molecular weight excluding hydrogens is 294 g/mol. The highest BCUT2D eigenvalue weighted by Gasteiger charge is 2.14. The van der Waals surface area contributed by atoms with Crippen molar-refractivity contribution in [3.8, 4) is 5.75 Å². The van der Waals surface area contributed by atoms with Gasteiger partial charge in [0.25, 0.3) is 0 Å². The summed E-state index contributed by atoms with van der Waals surface area (Å²) in [4.78, 5) is 11.9. The van der Waals surface area contributed by atoms with Crippen LogP contribution in [0.25, 0.3) is 0 Å². The quantitative estimate of drug-likeness (QED) is 0.841. The number of Topliss-reactive ketones (excluding diaryl/α,β-unsaturated/α-hetero) is 1. The molecule has 0 spiro atoms. The summed E-state index contributed by atoms with van der Waals surface area (Å²) in [7, 11) is 1.62. The van der Waals surface area contributed by atoms with Crippen LogP contribution in [-0.2, 0) is 11.2 Å². The van der Waals surface area contributed by atoms with Crippen molar-refractivity contribution in [1.29, 1.82) is 0 Å². The van der Waals surface area contributed by atoms with Crippen LogP contribution < -0.4 is 10.5 Å². The van der Waals surface area contributed by atoms with Crippen molar-refractivity contribution >= 4 is 21.7 Å². The van der Waals surface area contributed by atoms with Gasteiger partial charge in [-0.05, 0) is 40.0 Å². The summed E-state index contributed by atoms with van der Waals surface area (Å²) in [6.07, 6.45) is 3.22. The van der Waals surface area contributed by atoms with Gasteiger partial charge in [0.2, 0.25) is 0 Å². The third-order valence-electron chi connectivity index (χ3n) is 2.88. The fourth-order valence-corrected chi connectivity index (χ4v) is 2.33. The highest BCUT2D eigenvalue weighted by Crippen LogP contribution is 2.25. The first kappa shape index (κ1) is 15.2. The van der Waals surface area contributed by atoms with Crippen LogP contribution in [0.15, 0.2) is 22.7 Å². The van der Waals surface area contributed by atoms with Gasteiger partial charge < -0.3 is 10.5 Å². The number of unbranched alkanes of at least 4 members (excludes halogenated alkanes) is 1. The monoisotopic (exact) mass is 313 g/mol. The number of ketones is 1. The number of ether oxygens (including phenoxy) is 1. The number of methoxy groups -OCH3 is 1. The molecule has 1 aromatic rings. The molecule has 2 N–H and O–H groups in total. The Balaban J connectivity index is 2.61. The number of nitrogens with two attached hydrogens (primary N) is 1. The van der Waals surface area contributed by atoms with Gasteiger partial charge in [-0.25, -0.2) is 0 Å². The van der Waals surface area contributed by atoms with Gasteiger partial charge in [-0.15, -0.1) is 0 Å². The highest BCUT2D eigenvalue weighted by molar-refractivity contribution is 9.10. The summed E-state index contributed by atoms with van der Waals surface area (Å²) in [5.74, 6) is 0.863. The third-order valence-corrected chi connectivity index (χ3v) is 3.50. The number of halogens is 1. The maximum Gasteiger partial charge on any atom is 0.153 e. The summed E-state index contributed by atoms with van der Waals surface area (Å²) in [5.41, 5.74) is 6.82. The molecule has 0 aliphatic heterocycles. The normalized spacial score (nSPS) is 12.2. The van der Waals surface area contributed by atoms with Crippen LogP contribution >= 0.6 is 15.9 Å². The predicted octanol–water partition coefficient (Wildman–Crippen LogP) is 3.09. The van der Waals surface area contributed by atoms with Gasteiger partial charge in [-0.1, -0.05) is 25.8 Å². The van der Waals surface area contributed by atoms with E-state index in [2.05, 4.69) is 22.9 Å². The predicted molar refractivity (Wildman–Crippen MR) is 76.9 cm³/mol. The van der Waals surface area contributed by atoms with Crippen molar-refractivity contribution in [2.45, 2.75) is 38.6 Å². The number of rotatable bonds is 7. The van der Waals surface area contributed by atoms with Crippen molar-refractivity contribution in [2.75, 3.05) is 7.11 Å². The van der Waals surface area contributed by atoms with Crippen molar-refractivity contribution in [1.82, 2.24) is 0 Å². The average Bonchev–Trinajstić information content (AvgIpc) is 2.36.